The zero-order valence-electron chi connectivity index (χ0n) is 10.5. The van der Waals surface area contributed by atoms with Crippen LogP contribution in [-0.2, 0) is 9.59 Å². The van der Waals surface area contributed by atoms with Gasteiger partial charge in [-0.2, -0.15) is 0 Å². The third-order valence-electron chi connectivity index (χ3n) is 3.79. The number of carbonyl (C=O) groups excluding carboxylic acids is 2. The molecule has 2 unspecified atom stereocenters. The normalized spacial score (nSPS) is 21.8. The predicted octanol–water partition coefficient (Wildman–Crippen LogP) is -0.802. The Hall–Kier alpha value is -1.14. The van der Waals surface area contributed by atoms with Crippen molar-refractivity contribution in [3.63, 3.8) is 0 Å². The van der Waals surface area contributed by atoms with Crippen LogP contribution in [0.15, 0.2) is 0 Å². The van der Waals surface area contributed by atoms with Gasteiger partial charge in [-0.15, -0.1) is 0 Å². The zero-order valence-corrected chi connectivity index (χ0v) is 10.5. The van der Waals surface area contributed by atoms with Crippen molar-refractivity contribution in [1.82, 2.24) is 10.3 Å². The summed E-state index contributed by atoms with van der Waals surface area (Å²) in [6.45, 7) is 5.46. The summed E-state index contributed by atoms with van der Waals surface area (Å²) in [5.74, 6) is 4.57. The lowest BCUT2D eigenvalue weighted by Crippen LogP contribution is -2.49. The minimum atomic E-state index is -0.218. The first-order valence-electron chi connectivity index (χ1n) is 6.01. The first-order valence-corrected chi connectivity index (χ1v) is 6.01. The van der Waals surface area contributed by atoms with Gasteiger partial charge in [-0.1, -0.05) is 6.92 Å². The fourth-order valence-electron chi connectivity index (χ4n) is 2.26. The van der Waals surface area contributed by atoms with E-state index in [1.54, 1.807) is 0 Å². The van der Waals surface area contributed by atoms with Crippen LogP contribution >= 0.6 is 0 Å². The Kier molecular flexibility index (Phi) is 4.89. The van der Waals surface area contributed by atoms with Crippen LogP contribution in [0, 0.1) is 11.8 Å². The lowest BCUT2D eigenvalue weighted by Gasteiger charge is -2.37. The van der Waals surface area contributed by atoms with Crippen LogP contribution in [0.4, 0.5) is 0 Å². The largest absolute Gasteiger partial charge is 0.369 e. The van der Waals surface area contributed by atoms with Crippen molar-refractivity contribution >= 4 is 11.8 Å². The van der Waals surface area contributed by atoms with Crippen molar-refractivity contribution in [2.24, 2.45) is 23.4 Å². The molecule has 6 heteroatoms. The van der Waals surface area contributed by atoms with E-state index in [1.807, 2.05) is 13.8 Å². The molecule has 0 aromatic rings. The number of nitrogens with two attached hydrogens (primary N) is 2. The maximum atomic E-state index is 11.4. The maximum absolute atomic E-state index is 11.4. The molecule has 0 radical (unpaired) electrons. The van der Waals surface area contributed by atoms with E-state index in [2.05, 4.69) is 10.3 Å². The molecule has 0 aromatic carbocycles. The van der Waals surface area contributed by atoms with E-state index in [0.29, 0.717) is 0 Å². The molecule has 1 aliphatic rings. The number of likely N-dealkylation sites (tertiary alicyclic amines) is 1. The third-order valence-corrected chi connectivity index (χ3v) is 3.79. The summed E-state index contributed by atoms with van der Waals surface area (Å²) < 4.78 is 0. The maximum Gasteiger partial charge on any atom is 0.238 e. The van der Waals surface area contributed by atoms with Crippen LogP contribution in [0.5, 0.6) is 0 Å². The molecule has 2 atom stereocenters. The SMILES string of the molecule is CC(C(=O)NN)C(C)N1CCC(C(N)=O)CC1. The summed E-state index contributed by atoms with van der Waals surface area (Å²) in [4.78, 5) is 24.7. The number of nitrogens with one attached hydrogen (secondary N) is 1. The lowest BCUT2D eigenvalue weighted by molar-refractivity contribution is -0.128. The highest BCUT2D eigenvalue weighted by atomic mass is 16.2. The molecule has 6 nitrogen and oxygen atoms in total. The van der Waals surface area contributed by atoms with Gasteiger partial charge in [0.25, 0.3) is 0 Å². The summed E-state index contributed by atoms with van der Waals surface area (Å²) in [6, 6.07) is 0.118. The highest BCUT2D eigenvalue weighted by molar-refractivity contribution is 5.78. The van der Waals surface area contributed by atoms with Gasteiger partial charge in [-0.3, -0.25) is 19.9 Å². The van der Waals surface area contributed by atoms with E-state index in [4.69, 9.17) is 11.6 Å². The molecule has 0 aliphatic carbocycles. The Morgan fingerprint density at radius 1 is 1.29 bits per heavy atom. The van der Waals surface area contributed by atoms with Crippen LogP contribution in [0.1, 0.15) is 26.7 Å². The van der Waals surface area contributed by atoms with Gasteiger partial charge >= 0.3 is 0 Å². The lowest BCUT2D eigenvalue weighted by atomic mass is 9.92. The summed E-state index contributed by atoms with van der Waals surface area (Å²) in [7, 11) is 0. The molecule has 17 heavy (non-hydrogen) atoms. The van der Waals surface area contributed by atoms with Crippen molar-refractivity contribution in [2.45, 2.75) is 32.7 Å². The first kappa shape index (κ1) is 13.9. The predicted molar refractivity (Wildman–Crippen MR) is 64.4 cm³/mol. The molecule has 1 aliphatic heterocycles. The van der Waals surface area contributed by atoms with Crippen molar-refractivity contribution in [2.75, 3.05) is 13.1 Å². The smallest absolute Gasteiger partial charge is 0.238 e. The molecule has 0 aromatic heterocycles. The Labute approximate surface area is 102 Å². The Balaban J connectivity index is 2.48. The quantitative estimate of drug-likeness (QED) is 0.341. The van der Waals surface area contributed by atoms with Gasteiger partial charge < -0.3 is 5.73 Å². The van der Waals surface area contributed by atoms with E-state index in [0.717, 1.165) is 25.9 Å². The van der Waals surface area contributed by atoms with Gasteiger partial charge in [0.15, 0.2) is 0 Å². The Morgan fingerprint density at radius 2 is 1.82 bits per heavy atom. The first-order chi connectivity index (χ1) is 7.97. The average molecular weight is 242 g/mol. The minimum Gasteiger partial charge on any atom is -0.369 e. The second-order valence-electron chi connectivity index (χ2n) is 4.75. The molecule has 1 fully saturated rings. The molecule has 5 N–H and O–H groups in total. The Bertz CT molecular complexity index is 287. The van der Waals surface area contributed by atoms with Crippen molar-refractivity contribution in [3.8, 4) is 0 Å². The van der Waals surface area contributed by atoms with Crippen LogP contribution in [0.2, 0.25) is 0 Å². The standard InChI is InChI=1S/C11H22N4O2/c1-7(11(17)14-13)8(2)15-5-3-9(4-6-15)10(12)16/h7-9H,3-6,13H2,1-2H3,(H2,12,16)(H,14,17). The van der Waals surface area contributed by atoms with E-state index in [9.17, 15) is 9.59 Å². The van der Waals surface area contributed by atoms with Crippen molar-refractivity contribution < 1.29 is 9.59 Å². The highest BCUT2D eigenvalue weighted by Crippen LogP contribution is 2.21. The summed E-state index contributed by atoms with van der Waals surface area (Å²) in [5.41, 5.74) is 7.45. The highest BCUT2D eigenvalue weighted by Gasteiger charge is 2.30. The second kappa shape index (κ2) is 5.97. The molecule has 0 spiro atoms. The molecule has 2 amide bonds. The van der Waals surface area contributed by atoms with E-state index in [1.165, 1.54) is 0 Å². The van der Waals surface area contributed by atoms with E-state index in [-0.39, 0.29) is 29.7 Å². The number of rotatable bonds is 4. The van der Waals surface area contributed by atoms with Gasteiger partial charge in [-0.05, 0) is 32.9 Å². The van der Waals surface area contributed by atoms with Gasteiger partial charge in [-0.25, -0.2) is 5.84 Å². The number of hydrazine groups is 1. The number of nitrogens with zero attached hydrogens (tertiary/aromatic N) is 1. The topological polar surface area (TPSA) is 101 Å². The molecular weight excluding hydrogens is 220 g/mol. The van der Waals surface area contributed by atoms with Crippen LogP contribution in [0.25, 0.3) is 0 Å². The molecule has 1 heterocycles. The molecule has 98 valence electrons. The number of amides is 2. The monoisotopic (exact) mass is 242 g/mol. The Morgan fingerprint density at radius 3 is 2.24 bits per heavy atom. The molecular formula is C11H22N4O2. The summed E-state index contributed by atoms with van der Waals surface area (Å²) >= 11 is 0. The number of primary amides is 1. The van der Waals surface area contributed by atoms with Crippen molar-refractivity contribution in [1.29, 1.82) is 0 Å². The number of hydrogen-bond acceptors (Lipinski definition) is 4. The van der Waals surface area contributed by atoms with Crippen LogP contribution in [-0.4, -0.2) is 35.8 Å². The van der Waals surface area contributed by atoms with Gasteiger partial charge in [0.1, 0.15) is 0 Å². The average Bonchev–Trinajstić information content (AvgIpc) is 2.36. The van der Waals surface area contributed by atoms with Gasteiger partial charge in [0, 0.05) is 12.0 Å². The fraction of sp³-hybridized carbons (Fsp3) is 0.818. The minimum absolute atomic E-state index is 0.0166. The molecule has 1 rings (SSSR count). The second-order valence-corrected chi connectivity index (χ2v) is 4.75. The fourth-order valence-corrected chi connectivity index (χ4v) is 2.26. The van der Waals surface area contributed by atoms with Crippen LogP contribution < -0.4 is 17.0 Å². The number of piperidine rings is 1. The van der Waals surface area contributed by atoms with Gasteiger partial charge in [0.2, 0.25) is 11.8 Å². The molecule has 0 saturated carbocycles. The molecule has 0 bridgehead atoms. The summed E-state index contributed by atoms with van der Waals surface area (Å²) in [6.07, 6.45) is 1.55. The number of hydrogen-bond donors (Lipinski definition) is 3. The zero-order chi connectivity index (χ0) is 13.0. The van der Waals surface area contributed by atoms with Gasteiger partial charge in [0.05, 0.1) is 5.92 Å². The summed E-state index contributed by atoms with van der Waals surface area (Å²) in [5, 5.41) is 0. The number of carbonyl (C=O) groups is 2. The third kappa shape index (κ3) is 3.41. The van der Waals surface area contributed by atoms with E-state index >= 15 is 0 Å². The van der Waals surface area contributed by atoms with Crippen LogP contribution in [0.3, 0.4) is 0 Å². The molecule has 1 saturated heterocycles. The van der Waals surface area contributed by atoms with E-state index < -0.39 is 0 Å². The van der Waals surface area contributed by atoms with Crippen molar-refractivity contribution in [3.05, 3.63) is 0 Å².